The lowest BCUT2D eigenvalue weighted by Crippen LogP contribution is -2.24. The summed E-state index contributed by atoms with van der Waals surface area (Å²) in [6.45, 7) is 2.64. The van der Waals surface area contributed by atoms with E-state index >= 15 is 0 Å². The van der Waals surface area contributed by atoms with Gasteiger partial charge in [0.1, 0.15) is 5.82 Å². The minimum atomic E-state index is -0.555. The maximum atomic E-state index is 13.1. The number of anilines is 1. The SMILES string of the molecule is CCCCNC(=O)c1cccc(C(=O)Nc2ccc(F)c(Cl)c2)c1. The summed E-state index contributed by atoms with van der Waals surface area (Å²) >= 11 is 5.69. The van der Waals surface area contributed by atoms with E-state index in [-0.39, 0.29) is 10.9 Å². The van der Waals surface area contributed by atoms with E-state index in [9.17, 15) is 14.0 Å². The Morgan fingerprint density at radius 3 is 2.46 bits per heavy atom. The van der Waals surface area contributed by atoms with E-state index in [2.05, 4.69) is 10.6 Å². The molecule has 2 N–H and O–H groups in total. The molecule has 0 saturated heterocycles. The molecule has 0 aliphatic rings. The molecule has 2 aromatic carbocycles. The molecule has 0 spiro atoms. The van der Waals surface area contributed by atoms with E-state index in [4.69, 9.17) is 11.6 Å². The van der Waals surface area contributed by atoms with Gasteiger partial charge in [0.15, 0.2) is 0 Å². The van der Waals surface area contributed by atoms with Gasteiger partial charge in [0, 0.05) is 23.4 Å². The van der Waals surface area contributed by atoms with Crippen LogP contribution in [0.2, 0.25) is 5.02 Å². The minimum absolute atomic E-state index is 0.0724. The summed E-state index contributed by atoms with van der Waals surface area (Å²) in [7, 11) is 0. The number of carbonyl (C=O) groups is 2. The lowest BCUT2D eigenvalue weighted by atomic mass is 10.1. The van der Waals surface area contributed by atoms with E-state index in [0.29, 0.717) is 23.4 Å². The molecule has 126 valence electrons. The van der Waals surface area contributed by atoms with E-state index in [0.717, 1.165) is 12.8 Å². The molecule has 2 amide bonds. The fourth-order valence-corrected chi connectivity index (χ4v) is 2.24. The number of unbranched alkanes of at least 4 members (excludes halogenated alkanes) is 1. The van der Waals surface area contributed by atoms with Gasteiger partial charge in [-0.15, -0.1) is 0 Å². The fourth-order valence-electron chi connectivity index (χ4n) is 2.06. The predicted molar refractivity (Wildman–Crippen MR) is 93.0 cm³/mol. The second-order valence-electron chi connectivity index (χ2n) is 5.27. The summed E-state index contributed by atoms with van der Waals surface area (Å²) in [6, 6.07) is 10.3. The zero-order valence-corrected chi connectivity index (χ0v) is 14.0. The standard InChI is InChI=1S/C18H18ClFN2O2/c1-2-3-9-21-17(23)12-5-4-6-13(10-12)18(24)22-14-7-8-16(20)15(19)11-14/h4-8,10-11H,2-3,9H2,1H3,(H,21,23)(H,22,24). The number of halogens is 2. The van der Waals surface area contributed by atoms with Crippen molar-refractivity contribution in [3.63, 3.8) is 0 Å². The van der Waals surface area contributed by atoms with Crippen molar-refractivity contribution in [3.05, 3.63) is 64.4 Å². The summed E-state index contributed by atoms with van der Waals surface area (Å²) in [6.07, 6.45) is 1.89. The van der Waals surface area contributed by atoms with E-state index in [1.54, 1.807) is 18.2 Å². The van der Waals surface area contributed by atoms with E-state index in [1.165, 1.54) is 24.3 Å². The topological polar surface area (TPSA) is 58.2 Å². The fraction of sp³-hybridized carbons (Fsp3) is 0.222. The van der Waals surface area contributed by atoms with Crippen molar-refractivity contribution in [1.82, 2.24) is 5.32 Å². The van der Waals surface area contributed by atoms with Gasteiger partial charge in [-0.25, -0.2) is 4.39 Å². The molecule has 2 aromatic rings. The highest BCUT2D eigenvalue weighted by molar-refractivity contribution is 6.31. The van der Waals surface area contributed by atoms with Crippen LogP contribution in [0.3, 0.4) is 0 Å². The summed E-state index contributed by atoms with van der Waals surface area (Å²) in [5.41, 5.74) is 1.12. The highest BCUT2D eigenvalue weighted by Gasteiger charge is 2.11. The van der Waals surface area contributed by atoms with Crippen LogP contribution in [0.1, 0.15) is 40.5 Å². The number of carbonyl (C=O) groups excluding carboxylic acids is 2. The van der Waals surface area contributed by atoms with Crippen LogP contribution in [0.25, 0.3) is 0 Å². The largest absolute Gasteiger partial charge is 0.352 e. The van der Waals surface area contributed by atoms with E-state index in [1.807, 2.05) is 6.92 Å². The molecule has 0 heterocycles. The molecule has 2 rings (SSSR count). The third-order valence-corrected chi connectivity index (χ3v) is 3.67. The second kappa shape index (κ2) is 8.45. The highest BCUT2D eigenvalue weighted by Crippen LogP contribution is 2.20. The maximum Gasteiger partial charge on any atom is 0.255 e. The van der Waals surface area contributed by atoms with Crippen LogP contribution in [0.15, 0.2) is 42.5 Å². The molecule has 0 radical (unpaired) electrons. The lowest BCUT2D eigenvalue weighted by molar-refractivity contribution is 0.0953. The van der Waals surface area contributed by atoms with E-state index < -0.39 is 11.7 Å². The zero-order chi connectivity index (χ0) is 17.5. The van der Waals surface area contributed by atoms with Gasteiger partial charge < -0.3 is 10.6 Å². The second-order valence-corrected chi connectivity index (χ2v) is 5.68. The van der Waals surface area contributed by atoms with Crippen LogP contribution in [-0.2, 0) is 0 Å². The van der Waals surface area contributed by atoms with Crippen LogP contribution in [0.5, 0.6) is 0 Å². The van der Waals surface area contributed by atoms with Crippen LogP contribution in [-0.4, -0.2) is 18.4 Å². The Kier molecular flexibility index (Phi) is 6.32. The minimum Gasteiger partial charge on any atom is -0.352 e. The van der Waals surface area contributed by atoms with Gasteiger partial charge in [0.05, 0.1) is 5.02 Å². The van der Waals surface area contributed by atoms with Crippen molar-refractivity contribution < 1.29 is 14.0 Å². The molecule has 24 heavy (non-hydrogen) atoms. The number of amides is 2. The Morgan fingerprint density at radius 2 is 1.79 bits per heavy atom. The lowest BCUT2D eigenvalue weighted by Gasteiger charge is -2.08. The average Bonchev–Trinajstić information content (AvgIpc) is 2.58. The molecule has 0 unspecified atom stereocenters. The molecule has 0 aromatic heterocycles. The van der Waals surface area contributed by atoms with Crippen LogP contribution in [0.4, 0.5) is 10.1 Å². The number of hydrogen-bond acceptors (Lipinski definition) is 2. The van der Waals surface area contributed by atoms with Crippen molar-refractivity contribution in [2.24, 2.45) is 0 Å². The quantitative estimate of drug-likeness (QED) is 0.766. The molecular weight excluding hydrogens is 331 g/mol. The Morgan fingerprint density at radius 1 is 1.08 bits per heavy atom. The Labute approximate surface area is 145 Å². The van der Waals surface area contributed by atoms with Gasteiger partial charge in [-0.2, -0.15) is 0 Å². The van der Waals surface area contributed by atoms with Crippen molar-refractivity contribution >= 4 is 29.1 Å². The Balaban J connectivity index is 2.08. The molecule has 0 fully saturated rings. The maximum absolute atomic E-state index is 13.1. The predicted octanol–water partition coefficient (Wildman–Crippen LogP) is 4.26. The first-order chi connectivity index (χ1) is 11.5. The van der Waals surface area contributed by atoms with Gasteiger partial charge in [-0.05, 0) is 42.8 Å². The Bertz CT molecular complexity index is 750. The van der Waals surface area contributed by atoms with Crippen LogP contribution in [0, 0.1) is 5.82 Å². The number of hydrogen-bond donors (Lipinski definition) is 2. The van der Waals surface area contributed by atoms with Crippen molar-refractivity contribution in [3.8, 4) is 0 Å². The normalized spacial score (nSPS) is 10.3. The molecular formula is C18H18ClFN2O2. The first-order valence-corrected chi connectivity index (χ1v) is 8.03. The zero-order valence-electron chi connectivity index (χ0n) is 13.2. The van der Waals surface area contributed by atoms with Gasteiger partial charge in [0.2, 0.25) is 0 Å². The van der Waals surface area contributed by atoms with Gasteiger partial charge in [0.25, 0.3) is 11.8 Å². The van der Waals surface area contributed by atoms with Crippen molar-refractivity contribution in [2.45, 2.75) is 19.8 Å². The monoisotopic (exact) mass is 348 g/mol. The third kappa shape index (κ3) is 4.80. The van der Waals surface area contributed by atoms with Crippen molar-refractivity contribution in [2.75, 3.05) is 11.9 Å². The Hall–Kier alpha value is -2.40. The highest BCUT2D eigenvalue weighted by atomic mass is 35.5. The average molecular weight is 349 g/mol. The van der Waals surface area contributed by atoms with Gasteiger partial charge >= 0.3 is 0 Å². The van der Waals surface area contributed by atoms with Gasteiger partial charge in [-0.1, -0.05) is 31.0 Å². The summed E-state index contributed by atoms with van der Waals surface area (Å²) in [4.78, 5) is 24.3. The van der Waals surface area contributed by atoms with Crippen LogP contribution < -0.4 is 10.6 Å². The molecule has 4 nitrogen and oxygen atoms in total. The molecule has 0 aliphatic carbocycles. The van der Waals surface area contributed by atoms with Gasteiger partial charge in [-0.3, -0.25) is 9.59 Å². The number of nitrogens with one attached hydrogen (secondary N) is 2. The third-order valence-electron chi connectivity index (χ3n) is 3.38. The summed E-state index contributed by atoms with van der Waals surface area (Å²) < 4.78 is 13.1. The summed E-state index contributed by atoms with van der Waals surface area (Å²) in [5, 5.41) is 5.35. The first-order valence-electron chi connectivity index (χ1n) is 7.66. The van der Waals surface area contributed by atoms with Crippen molar-refractivity contribution in [1.29, 1.82) is 0 Å². The number of benzene rings is 2. The molecule has 0 atom stereocenters. The smallest absolute Gasteiger partial charge is 0.255 e. The first kappa shape index (κ1) is 17.9. The molecule has 0 aliphatic heterocycles. The summed E-state index contributed by atoms with van der Waals surface area (Å²) in [5.74, 6) is -1.18. The molecule has 6 heteroatoms. The molecule has 0 saturated carbocycles. The number of rotatable bonds is 6. The van der Waals surface area contributed by atoms with Crippen LogP contribution >= 0.6 is 11.6 Å². The molecule has 0 bridgehead atoms.